The van der Waals surface area contributed by atoms with E-state index in [0.29, 0.717) is 11.8 Å². The smallest absolute Gasteiger partial charge is 0.309 e. The molecule has 0 aromatic heterocycles. The Labute approximate surface area is 104 Å². The molecule has 1 heterocycles. The molecule has 2 aliphatic rings. The first-order valence-corrected chi connectivity index (χ1v) is 7.02. The molecule has 96 valence electrons. The predicted molar refractivity (Wildman–Crippen MR) is 68.5 cm³/mol. The second-order valence-corrected chi connectivity index (χ2v) is 5.68. The van der Waals surface area contributed by atoms with Gasteiger partial charge in [0.15, 0.2) is 0 Å². The number of hydrogen-bond acceptors (Lipinski definition) is 2. The Balaban J connectivity index is 2.06. The highest BCUT2D eigenvalue weighted by molar-refractivity contribution is 5.74. The summed E-state index contributed by atoms with van der Waals surface area (Å²) in [5.41, 5.74) is 1.59. The molecule has 1 unspecified atom stereocenters. The van der Waals surface area contributed by atoms with Gasteiger partial charge in [0.25, 0.3) is 0 Å². The van der Waals surface area contributed by atoms with Gasteiger partial charge in [0.2, 0.25) is 0 Å². The zero-order valence-corrected chi connectivity index (χ0v) is 11.2. The standard InChI is InChI=1S/C15H24O2/c1-4-5-6-12-7-8-13-11(3)15(16)17-14(13)9-10(12)2/h7,10-11,13-14H,4-6,8-9H2,1-3H3/t10-,11?,13+,14-/m0/s1. The number of carbonyl (C=O) groups excluding carboxylic acids is 1. The Hall–Kier alpha value is -0.790. The first kappa shape index (κ1) is 12.7. The molecule has 0 spiro atoms. The van der Waals surface area contributed by atoms with Crippen molar-refractivity contribution in [1.29, 1.82) is 0 Å². The molecular formula is C15H24O2. The van der Waals surface area contributed by atoms with Crippen LogP contribution in [0.15, 0.2) is 11.6 Å². The molecule has 1 fully saturated rings. The predicted octanol–water partition coefficient (Wildman–Crippen LogP) is 3.71. The van der Waals surface area contributed by atoms with Crippen LogP contribution in [0.1, 0.15) is 52.9 Å². The molecule has 1 aliphatic carbocycles. The SMILES string of the molecule is CCCCC1=CC[C@@H]2C(C)C(=O)O[C@H]2C[C@@H]1C. The van der Waals surface area contributed by atoms with Crippen molar-refractivity contribution in [2.45, 2.75) is 59.0 Å². The fraction of sp³-hybridized carbons (Fsp3) is 0.800. The number of allylic oxidation sites excluding steroid dienone is 2. The van der Waals surface area contributed by atoms with Gasteiger partial charge in [-0.25, -0.2) is 0 Å². The van der Waals surface area contributed by atoms with E-state index in [9.17, 15) is 4.79 Å². The maximum atomic E-state index is 11.6. The second kappa shape index (κ2) is 5.24. The summed E-state index contributed by atoms with van der Waals surface area (Å²) in [5.74, 6) is 1.10. The van der Waals surface area contributed by atoms with E-state index in [4.69, 9.17) is 4.74 Å². The van der Waals surface area contributed by atoms with E-state index in [1.807, 2.05) is 6.92 Å². The second-order valence-electron chi connectivity index (χ2n) is 5.68. The molecule has 0 saturated carbocycles. The van der Waals surface area contributed by atoms with Crippen molar-refractivity contribution in [3.63, 3.8) is 0 Å². The molecule has 0 aromatic rings. The van der Waals surface area contributed by atoms with Crippen LogP contribution in [0.25, 0.3) is 0 Å². The average molecular weight is 236 g/mol. The van der Waals surface area contributed by atoms with Crippen LogP contribution in [0.3, 0.4) is 0 Å². The molecule has 2 nitrogen and oxygen atoms in total. The molecule has 1 saturated heterocycles. The Morgan fingerprint density at radius 2 is 2.18 bits per heavy atom. The number of rotatable bonds is 3. The van der Waals surface area contributed by atoms with Crippen LogP contribution in [-0.4, -0.2) is 12.1 Å². The van der Waals surface area contributed by atoms with Gasteiger partial charge in [-0.15, -0.1) is 0 Å². The molecule has 4 atom stereocenters. The van der Waals surface area contributed by atoms with Gasteiger partial charge in [-0.2, -0.15) is 0 Å². The van der Waals surface area contributed by atoms with E-state index >= 15 is 0 Å². The van der Waals surface area contributed by atoms with Crippen LogP contribution in [0.2, 0.25) is 0 Å². The summed E-state index contributed by atoms with van der Waals surface area (Å²) in [6.45, 7) is 6.53. The lowest BCUT2D eigenvalue weighted by Gasteiger charge is -2.18. The quantitative estimate of drug-likeness (QED) is 0.551. The number of esters is 1. The van der Waals surface area contributed by atoms with E-state index in [-0.39, 0.29) is 18.0 Å². The fourth-order valence-electron chi connectivity index (χ4n) is 3.14. The van der Waals surface area contributed by atoms with Gasteiger partial charge in [-0.05, 0) is 31.6 Å². The summed E-state index contributed by atoms with van der Waals surface area (Å²) >= 11 is 0. The third kappa shape index (κ3) is 2.56. The molecule has 1 aliphatic heterocycles. The third-order valence-electron chi connectivity index (χ3n) is 4.45. The maximum absolute atomic E-state index is 11.6. The minimum absolute atomic E-state index is 0.0117. The van der Waals surface area contributed by atoms with Crippen molar-refractivity contribution in [3.8, 4) is 0 Å². The topological polar surface area (TPSA) is 26.3 Å². The van der Waals surface area contributed by atoms with Crippen molar-refractivity contribution in [1.82, 2.24) is 0 Å². The molecule has 0 radical (unpaired) electrons. The van der Waals surface area contributed by atoms with Gasteiger partial charge in [0.05, 0.1) is 5.92 Å². The van der Waals surface area contributed by atoms with E-state index in [1.54, 1.807) is 5.57 Å². The normalized spacial score (nSPS) is 37.1. The van der Waals surface area contributed by atoms with Crippen molar-refractivity contribution < 1.29 is 9.53 Å². The Kier molecular flexibility index (Phi) is 3.90. The first-order valence-electron chi connectivity index (χ1n) is 7.02. The van der Waals surface area contributed by atoms with Crippen molar-refractivity contribution in [3.05, 3.63) is 11.6 Å². The lowest BCUT2D eigenvalue weighted by molar-refractivity contribution is -0.144. The Morgan fingerprint density at radius 1 is 1.41 bits per heavy atom. The van der Waals surface area contributed by atoms with Crippen molar-refractivity contribution in [2.75, 3.05) is 0 Å². The lowest BCUT2D eigenvalue weighted by atomic mass is 9.87. The van der Waals surface area contributed by atoms with Crippen LogP contribution in [0.4, 0.5) is 0 Å². The number of ether oxygens (including phenoxy) is 1. The number of carbonyl (C=O) groups is 1. The van der Waals surface area contributed by atoms with Gasteiger partial charge in [0.1, 0.15) is 6.10 Å². The highest BCUT2D eigenvalue weighted by Gasteiger charge is 2.42. The van der Waals surface area contributed by atoms with Crippen molar-refractivity contribution >= 4 is 5.97 Å². The first-order chi connectivity index (χ1) is 8.13. The number of fused-ring (bicyclic) bond motifs is 1. The van der Waals surface area contributed by atoms with Gasteiger partial charge in [0, 0.05) is 5.92 Å². The summed E-state index contributed by atoms with van der Waals surface area (Å²) in [6, 6.07) is 0. The van der Waals surface area contributed by atoms with Gasteiger partial charge in [-0.1, -0.05) is 38.8 Å². The maximum Gasteiger partial charge on any atom is 0.309 e. The molecule has 2 heteroatoms. The van der Waals surface area contributed by atoms with Crippen LogP contribution >= 0.6 is 0 Å². The zero-order chi connectivity index (χ0) is 12.4. The number of unbranched alkanes of at least 4 members (excludes halogenated alkanes) is 1. The monoisotopic (exact) mass is 236 g/mol. The fourth-order valence-corrected chi connectivity index (χ4v) is 3.14. The lowest BCUT2D eigenvalue weighted by Crippen LogP contribution is -2.19. The van der Waals surface area contributed by atoms with E-state index in [1.165, 1.54) is 19.3 Å². The summed E-state index contributed by atoms with van der Waals surface area (Å²) < 4.78 is 5.51. The molecule has 0 N–H and O–H groups in total. The Morgan fingerprint density at radius 3 is 2.88 bits per heavy atom. The van der Waals surface area contributed by atoms with Crippen LogP contribution < -0.4 is 0 Å². The van der Waals surface area contributed by atoms with Gasteiger partial charge < -0.3 is 4.74 Å². The van der Waals surface area contributed by atoms with E-state index < -0.39 is 0 Å². The van der Waals surface area contributed by atoms with E-state index in [0.717, 1.165) is 12.8 Å². The van der Waals surface area contributed by atoms with Crippen LogP contribution in [0.5, 0.6) is 0 Å². The molecule has 2 rings (SSSR count). The number of hydrogen-bond donors (Lipinski definition) is 0. The summed E-state index contributed by atoms with van der Waals surface area (Å²) in [5, 5.41) is 0. The van der Waals surface area contributed by atoms with E-state index in [2.05, 4.69) is 19.9 Å². The summed E-state index contributed by atoms with van der Waals surface area (Å²) in [4.78, 5) is 11.6. The zero-order valence-electron chi connectivity index (χ0n) is 11.2. The average Bonchev–Trinajstić information content (AvgIpc) is 2.47. The molecule has 17 heavy (non-hydrogen) atoms. The Bertz CT molecular complexity index is 319. The van der Waals surface area contributed by atoms with Crippen LogP contribution in [0, 0.1) is 17.8 Å². The summed E-state index contributed by atoms with van der Waals surface area (Å²) in [6.07, 6.45) is 8.37. The largest absolute Gasteiger partial charge is 0.462 e. The van der Waals surface area contributed by atoms with Crippen LogP contribution in [-0.2, 0) is 9.53 Å². The van der Waals surface area contributed by atoms with Crippen molar-refractivity contribution in [2.24, 2.45) is 17.8 Å². The highest BCUT2D eigenvalue weighted by Crippen LogP contribution is 2.39. The van der Waals surface area contributed by atoms with Gasteiger partial charge >= 0.3 is 5.97 Å². The minimum Gasteiger partial charge on any atom is -0.462 e. The summed E-state index contributed by atoms with van der Waals surface area (Å²) in [7, 11) is 0. The molecule has 0 aromatic carbocycles. The molecular weight excluding hydrogens is 212 g/mol. The molecule has 0 amide bonds. The third-order valence-corrected chi connectivity index (χ3v) is 4.45. The minimum atomic E-state index is 0.0117. The van der Waals surface area contributed by atoms with Gasteiger partial charge in [-0.3, -0.25) is 4.79 Å². The molecule has 0 bridgehead atoms. The highest BCUT2D eigenvalue weighted by atomic mass is 16.6.